The molecule has 3 nitrogen and oxygen atoms in total. The maximum absolute atomic E-state index is 12.1. The molecule has 118 valence electrons. The number of hydrazone groups is 1. The fourth-order valence-corrected chi connectivity index (χ4v) is 3.43. The molecular formula is C20H15ClN2O. The van der Waals surface area contributed by atoms with Crippen molar-refractivity contribution in [3.05, 3.63) is 81.9 Å². The van der Waals surface area contributed by atoms with Crippen molar-refractivity contribution < 1.29 is 4.79 Å². The van der Waals surface area contributed by atoms with E-state index in [-0.39, 0.29) is 5.91 Å². The lowest BCUT2D eigenvalue weighted by molar-refractivity contribution is 0.0955. The smallest absolute Gasteiger partial charge is 0.267 e. The minimum absolute atomic E-state index is 0.278. The second-order valence-electron chi connectivity index (χ2n) is 5.86. The van der Waals surface area contributed by atoms with Gasteiger partial charge >= 0.3 is 0 Å². The third-order valence-corrected chi connectivity index (χ3v) is 4.60. The average molecular weight is 335 g/mol. The molecule has 0 saturated heterocycles. The fraction of sp³-hybridized carbons (Fsp3) is 0.100. The van der Waals surface area contributed by atoms with Crippen molar-refractivity contribution in [1.82, 2.24) is 5.43 Å². The molecule has 1 aliphatic carbocycles. The van der Waals surface area contributed by atoms with Gasteiger partial charge in [0.1, 0.15) is 0 Å². The van der Waals surface area contributed by atoms with Crippen LogP contribution >= 0.6 is 11.6 Å². The van der Waals surface area contributed by atoms with Crippen LogP contribution in [0.2, 0.25) is 5.02 Å². The van der Waals surface area contributed by atoms with E-state index in [0.29, 0.717) is 10.6 Å². The van der Waals surface area contributed by atoms with Gasteiger partial charge in [0.15, 0.2) is 0 Å². The zero-order valence-corrected chi connectivity index (χ0v) is 13.7. The van der Waals surface area contributed by atoms with E-state index in [4.69, 9.17) is 11.6 Å². The van der Waals surface area contributed by atoms with Crippen molar-refractivity contribution in [3.8, 4) is 0 Å². The van der Waals surface area contributed by atoms with Gasteiger partial charge in [0.2, 0.25) is 0 Å². The van der Waals surface area contributed by atoms with Crippen LogP contribution < -0.4 is 5.43 Å². The van der Waals surface area contributed by atoms with Gasteiger partial charge in [0.05, 0.1) is 6.21 Å². The van der Waals surface area contributed by atoms with Gasteiger partial charge in [0, 0.05) is 16.1 Å². The van der Waals surface area contributed by atoms with E-state index in [2.05, 4.69) is 40.9 Å². The zero-order chi connectivity index (χ0) is 16.5. The first kappa shape index (κ1) is 14.9. The van der Waals surface area contributed by atoms with Gasteiger partial charge < -0.3 is 0 Å². The highest BCUT2D eigenvalue weighted by Crippen LogP contribution is 2.32. The molecule has 0 fully saturated rings. The first-order valence-electron chi connectivity index (χ1n) is 7.85. The van der Waals surface area contributed by atoms with Crippen LogP contribution in [0.3, 0.4) is 0 Å². The first-order chi connectivity index (χ1) is 11.7. The maximum Gasteiger partial charge on any atom is 0.271 e. The molecule has 1 aliphatic rings. The van der Waals surface area contributed by atoms with Crippen LogP contribution in [0.25, 0.3) is 10.8 Å². The quantitative estimate of drug-likeness (QED) is 0.561. The number of carbonyl (C=O) groups is 1. The van der Waals surface area contributed by atoms with E-state index in [0.717, 1.165) is 18.4 Å². The van der Waals surface area contributed by atoms with Crippen molar-refractivity contribution >= 4 is 34.5 Å². The lowest BCUT2D eigenvalue weighted by atomic mass is 10.0. The third kappa shape index (κ3) is 2.68. The number of benzene rings is 3. The number of hydrogen-bond donors (Lipinski definition) is 1. The molecule has 0 bridgehead atoms. The minimum Gasteiger partial charge on any atom is -0.267 e. The van der Waals surface area contributed by atoms with E-state index < -0.39 is 0 Å². The maximum atomic E-state index is 12.1. The number of aryl methyl sites for hydroxylation is 2. The number of nitrogens with one attached hydrogen (secondary N) is 1. The van der Waals surface area contributed by atoms with Crippen molar-refractivity contribution in [1.29, 1.82) is 0 Å². The van der Waals surface area contributed by atoms with Gasteiger partial charge in [-0.1, -0.05) is 48.0 Å². The highest BCUT2D eigenvalue weighted by molar-refractivity contribution is 6.30. The van der Waals surface area contributed by atoms with Crippen LogP contribution in [0.1, 0.15) is 27.0 Å². The van der Waals surface area contributed by atoms with Gasteiger partial charge in [-0.25, -0.2) is 5.43 Å². The van der Waals surface area contributed by atoms with Crippen LogP contribution in [0, 0.1) is 0 Å². The summed E-state index contributed by atoms with van der Waals surface area (Å²) in [5, 5.41) is 7.16. The van der Waals surface area contributed by atoms with Crippen molar-refractivity contribution in [2.75, 3.05) is 0 Å². The molecule has 4 rings (SSSR count). The Bertz CT molecular complexity index is 968. The Morgan fingerprint density at radius 1 is 1.04 bits per heavy atom. The molecule has 0 spiro atoms. The number of amides is 1. The van der Waals surface area contributed by atoms with Crippen LogP contribution in [0.15, 0.2) is 59.7 Å². The molecule has 0 atom stereocenters. The zero-order valence-electron chi connectivity index (χ0n) is 12.9. The van der Waals surface area contributed by atoms with Crippen molar-refractivity contribution in [2.24, 2.45) is 5.10 Å². The molecule has 0 saturated carbocycles. The predicted molar refractivity (Wildman–Crippen MR) is 97.9 cm³/mol. The Hall–Kier alpha value is -2.65. The summed E-state index contributed by atoms with van der Waals surface area (Å²) in [4.78, 5) is 12.1. The monoisotopic (exact) mass is 334 g/mol. The molecule has 1 amide bonds. The van der Waals surface area contributed by atoms with Crippen molar-refractivity contribution in [3.63, 3.8) is 0 Å². The molecule has 0 unspecified atom stereocenters. The summed E-state index contributed by atoms with van der Waals surface area (Å²) in [6.45, 7) is 0. The summed E-state index contributed by atoms with van der Waals surface area (Å²) in [6, 6.07) is 17.4. The molecule has 3 aromatic carbocycles. The van der Waals surface area contributed by atoms with E-state index >= 15 is 0 Å². The SMILES string of the molecule is O=C(NN=Cc1ccc2c3c(cccc13)CC2)c1cccc(Cl)c1. The van der Waals surface area contributed by atoms with Crippen LogP contribution in [-0.4, -0.2) is 12.1 Å². The number of halogens is 1. The Morgan fingerprint density at radius 2 is 1.83 bits per heavy atom. The minimum atomic E-state index is -0.278. The molecule has 24 heavy (non-hydrogen) atoms. The molecule has 0 radical (unpaired) electrons. The first-order valence-corrected chi connectivity index (χ1v) is 8.22. The second kappa shape index (κ2) is 6.10. The van der Waals surface area contributed by atoms with E-state index in [1.807, 2.05) is 0 Å². The molecular weight excluding hydrogens is 320 g/mol. The summed E-state index contributed by atoms with van der Waals surface area (Å²) in [5.74, 6) is -0.278. The molecule has 0 aromatic heterocycles. The van der Waals surface area contributed by atoms with Gasteiger partial charge in [-0.2, -0.15) is 5.10 Å². The summed E-state index contributed by atoms with van der Waals surface area (Å²) in [5.41, 5.74) is 6.82. The topological polar surface area (TPSA) is 41.5 Å². The fourth-order valence-electron chi connectivity index (χ4n) is 3.24. The Balaban J connectivity index is 1.59. The molecule has 0 heterocycles. The summed E-state index contributed by atoms with van der Waals surface area (Å²) in [6.07, 6.45) is 3.89. The molecule has 4 heteroatoms. The standard InChI is InChI=1S/C20H15ClN2O/c21-17-5-1-4-15(11-17)20(24)23-22-12-16-10-9-14-8-7-13-3-2-6-18(16)19(13)14/h1-6,9-12H,7-8H2,(H,23,24). The van der Waals surface area contributed by atoms with E-state index in [9.17, 15) is 4.79 Å². The van der Waals surface area contributed by atoms with Gasteiger partial charge in [0.25, 0.3) is 5.91 Å². The Morgan fingerprint density at radius 3 is 2.67 bits per heavy atom. The van der Waals surface area contributed by atoms with Crippen LogP contribution in [0.4, 0.5) is 0 Å². The number of hydrogen-bond acceptors (Lipinski definition) is 2. The number of carbonyl (C=O) groups excluding carboxylic acids is 1. The lowest BCUT2D eigenvalue weighted by Crippen LogP contribution is -2.17. The van der Waals surface area contributed by atoms with Crippen LogP contribution in [-0.2, 0) is 12.8 Å². The predicted octanol–water partition coefficient (Wildman–Crippen LogP) is 4.36. The highest BCUT2D eigenvalue weighted by Gasteiger charge is 2.15. The van der Waals surface area contributed by atoms with Gasteiger partial charge in [-0.05, 0) is 52.9 Å². The lowest BCUT2D eigenvalue weighted by Gasteiger charge is -2.05. The molecule has 1 N–H and O–H groups in total. The van der Waals surface area contributed by atoms with Crippen LogP contribution in [0.5, 0.6) is 0 Å². The van der Waals surface area contributed by atoms with Gasteiger partial charge in [-0.15, -0.1) is 0 Å². The third-order valence-electron chi connectivity index (χ3n) is 4.37. The van der Waals surface area contributed by atoms with E-state index in [1.54, 1.807) is 30.5 Å². The average Bonchev–Trinajstić information content (AvgIpc) is 3.02. The molecule has 3 aromatic rings. The highest BCUT2D eigenvalue weighted by atomic mass is 35.5. The van der Waals surface area contributed by atoms with E-state index in [1.165, 1.54) is 21.9 Å². The second-order valence-corrected chi connectivity index (χ2v) is 6.30. The summed E-state index contributed by atoms with van der Waals surface area (Å²) < 4.78 is 0. The number of nitrogens with zero attached hydrogens (tertiary/aromatic N) is 1. The normalized spacial score (nSPS) is 12.9. The largest absolute Gasteiger partial charge is 0.271 e. The summed E-state index contributed by atoms with van der Waals surface area (Å²) in [7, 11) is 0. The Kier molecular flexibility index (Phi) is 3.79. The Labute approximate surface area is 145 Å². The molecule has 0 aliphatic heterocycles. The summed E-state index contributed by atoms with van der Waals surface area (Å²) >= 11 is 5.90. The van der Waals surface area contributed by atoms with Crippen molar-refractivity contribution in [2.45, 2.75) is 12.8 Å². The van der Waals surface area contributed by atoms with Gasteiger partial charge in [-0.3, -0.25) is 4.79 Å². The number of rotatable bonds is 3.